The molecule has 0 saturated carbocycles. The van der Waals surface area contributed by atoms with Crippen molar-refractivity contribution in [2.45, 2.75) is 32.6 Å². The smallest absolute Gasteiger partial charge is 0.122 e. The second-order valence-corrected chi connectivity index (χ2v) is 4.40. The van der Waals surface area contributed by atoms with E-state index in [4.69, 9.17) is 16.3 Å². The van der Waals surface area contributed by atoms with Crippen molar-refractivity contribution in [2.24, 2.45) is 0 Å². The number of aryl methyl sites for hydroxylation is 1. The van der Waals surface area contributed by atoms with Crippen molar-refractivity contribution >= 4 is 11.6 Å². The summed E-state index contributed by atoms with van der Waals surface area (Å²) in [7, 11) is 1.73. The lowest BCUT2D eigenvalue weighted by Gasteiger charge is -2.12. The van der Waals surface area contributed by atoms with E-state index in [1.165, 1.54) is 11.1 Å². The Kier molecular flexibility index (Phi) is 4.97. The minimum atomic E-state index is 0.543. The molecule has 0 N–H and O–H groups in total. The van der Waals surface area contributed by atoms with Gasteiger partial charge in [-0.25, -0.2) is 0 Å². The van der Waals surface area contributed by atoms with Gasteiger partial charge >= 0.3 is 0 Å². The first-order valence-electron chi connectivity index (χ1n) is 5.41. The number of methoxy groups -OCH3 is 1. The average molecular weight is 227 g/mol. The van der Waals surface area contributed by atoms with E-state index >= 15 is 0 Å². The lowest BCUT2D eigenvalue weighted by atomic mass is 9.99. The Morgan fingerprint density at radius 2 is 2.07 bits per heavy atom. The summed E-state index contributed by atoms with van der Waals surface area (Å²) in [6, 6.07) is 6.46. The van der Waals surface area contributed by atoms with Crippen molar-refractivity contribution in [3.63, 3.8) is 0 Å². The van der Waals surface area contributed by atoms with Crippen LogP contribution >= 0.6 is 11.6 Å². The lowest BCUT2D eigenvalue weighted by molar-refractivity contribution is 0.408. The molecule has 1 nitrogen and oxygen atoms in total. The molecule has 84 valence electrons. The van der Waals surface area contributed by atoms with Crippen molar-refractivity contribution in [3.8, 4) is 5.75 Å². The molecule has 2 heteroatoms. The Morgan fingerprint density at radius 3 is 2.60 bits per heavy atom. The number of ether oxygens (including phenoxy) is 1. The predicted molar refractivity (Wildman–Crippen MR) is 66.1 cm³/mol. The summed E-state index contributed by atoms with van der Waals surface area (Å²) in [6.07, 6.45) is 1.99. The van der Waals surface area contributed by atoms with E-state index in [9.17, 15) is 0 Å². The number of alkyl halides is 1. The highest BCUT2D eigenvalue weighted by Gasteiger charge is 2.06. The van der Waals surface area contributed by atoms with Gasteiger partial charge in [-0.1, -0.05) is 26.0 Å². The highest BCUT2D eigenvalue weighted by molar-refractivity contribution is 6.17. The van der Waals surface area contributed by atoms with Crippen LogP contribution in [0, 0.1) is 0 Å². The molecule has 1 aromatic carbocycles. The number of halogens is 1. The fraction of sp³-hybridized carbons (Fsp3) is 0.538. The van der Waals surface area contributed by atoms with Crippen molar-refractivity contribution in [1.82, 2.24) is 0 Å². The molecule has 0 aromatic heterocycles. The average Bonchev–Trinajstić information content (AvgIpc) is 2.25. The van der Waals surface area contributed by atoms with E-state index in [1.54, 1.807) is 7.11 Å². The highest BCUT2D eigenvalue weighted by Crippen LogP contribution is 2.25. The van der Waals surface area contributed by atoms with Crippen LogP contribution in [-0.4, -0.2) is 13.0 Å². The molecule has 0 amide bonds. The molecule has 0 unspecified atom stereocenters. The van der Waals surface area contributed by atoms with Crippen molar-refractivity contribution in [2.75, 3.05) is 13.0 Å². The summed E-state index contributed by atoms with van der Waals surface area (Å²) in [5.41, 5.74) is 2.57. The Balaban J connectivity index is 2.88. The van der Waals surface area contributed by atoms with E-state index in [1.807, 2.05) is 0 Å². The zero-order valence-corrected chi connectivity index (χ0v) is 10.5. The van der Waals surface area contributed by atoms with Crippen LogP contribution in [0.5, 0.6) is 5.75 Å². The van der Waals surface area contributed by atoms with E-state index in [0.29, 0.717) is 11.8 Å². The molecule has 0 aliphatic carbocycles. The molecule has 1 aromatic rings. The highest BCUT2D eigenvalue weighted by atomic mass is 35.5. The van der Waals surface area contributed by atoms with Crippen LogP contribution in [0.15, 0.2) is 18.2 Å². The maximum atomic E-state index is 5.69. The summed E-state index contributed by atoms with van der Waals surface area (Å²) >= 11 is 5.69. The molecule has 1 rings (SSSR count). The van der Waals surface area contributed by atoms with Crippen molar-refractivity contribution < 1.29 is 4.74 Å². The SMILES string of the molecule is COc1cc(C(C)C)ccc1CCCCl. The Labute approximate surface area is 97.4 Å². The van der Waals surface area contributed by atoms with Crippen LogP contribution in [0.2, 0.25) is 0 Å². The third-order valence-corrected chi connectivity index (χ3v) is 2.82. The van der Waals surface area contributed by atoms with Gasteiger partial charge in [0.05, 0.1) is 7.11 Å². The maximum Gasteiger partial charge on any atom is 0.122 e. The summed E-state index contributed by atoms with van der Waals surface area (Å²) in [4.78, 5) is 0. The quantitative estimate of drug-likeness (QED) is 0.690. The first kappa shape index (κ1) is 12.4. The maximum absolute atomic E-state index is 5.69. The second-order valence-electron chi connectivity index (χ2n) is 4.02. The number of rotatable bonds is 5. The van der Waals surface area contributed by atoms with Crippen LogP contribution in [0.25, 0.3) is 0 Å². The minimum absolute atomic E-state index is 0.543. The Morgan fingerprint density at radius 1 is 1.33 bits per heavy atom. The molecule has 0 aliphatic rings. The first-order chi connectivity index (χ1) is 7.19. The van der Waals surface area contributed by atoms with Crippen LogP contribution in [0.4, 0.5) is 0 Å². The zero-order chi connectivity index (χ0) is 11.3. The third-order valence-electron chi connectivity index (χ3n) is 2.56. The van der Waals surface area contributed by atoms with E-state index in [-0.39, 0.29) is 0 Å². The molecular weight excluding hydrogens is 208 g/mol. The molecule has 0 fully saturated rings. The van der Waals surface area contributed by atoms with Gasteiger partial charge in [0.1, 0.15) is 5.75 Å². The van der Waals surface area contributed by atoms with Crippen LogP contribution in [0.1, 0.15) is 37.3 Å². The molecule has 0 radical (unpaired) electrons. The second kappa shape index (κ2) is 6.02. The molecule has 0 heterocycles. The normalized spacial score (nSPS) is 10.7. The van der Waals surface area contributed by atoms with Gasteiger partial charge in [0, 0.05) is 5.88 Å². The van der Waals surface area contributed by atoms with Gasteiger partial charge < -0.3 is 4.74 Å². The van der Waals surface area contributed by atoms with Gasteiger partial charge in [-0.15, -0.1) is 11.6 Å². The fourth-order valence-corrected chi connectivity index (χ4v) is 1.72. The molecule has 0 spiro atoms. The molecule has 0 saturated heterocycles. The van der Waals surface area contributed by atoms with Gasteiger partial charge in [-0.3, -0.25) is 0 Å². The largest absolute Gasteiger partial charge is 0.496 e. The van der Waals surface area contributed by atoms with Crippen molar-refractivity contribution in [3.05, 3.63) is 29.3 Å². The number of hydrogen-bond donors (Lipinski definition) is 0. The third kappa shape index (κ3) is 3.42. The monoisotopic (exact) mass is 226 g/mol. The molecule has 0 aliphatic heterocycles. The van der Waals surface area contributed by atoms with Crippen LogP contribution in [-0.2, 0) is 6.42 Å². The Hall–Kier alpha value is -0.690. The topological polar surface area (TPSA) is 9.23 Å². The summed E-state index contributed by atoms with van der Waals surface area (Å²) < 4.78 is 5.39. The number of hydrogen-bond acceptors (Lipinski definition) is 1. The fourth-order valence-electron chi connectivity index (χ4n) is 1.58. The Bertz CT molecular complexity index is 307. The molecule has 15 heavy (non-hydrogen) atoms. The van der Waals surface area contributed by atoms with Gasteiger partial charge in [-0.05, 0) is 36.0 Å². The standard InChI is InChI=1S/C13H19ClO/c1-10(2)12-7-6-11(5-4-8-14)13(9-12)15-3/h6-7,9-10H,4-5,8H2,1-3H3. The number of benzene rings is 1. The van der Waals surface area contributed by atoms with E-state index in [0.717, 1.165) is 18.6 Å². The van der Waals surface area contributed by atoms with E-state index < -0.39 is 0 Å². The first-order valence-corrected chi connectivity index (χ1v) is 5.95. The van der Waals surface area contributed by atoms with Crippen LogP contribution in [0.3, 0.4) is 0 Å². The zero-order valence-electron chi connectivity index (χ0n) is 9.72. The summed E-state index contributed by atoms with van der Waals surface area (Å²) in [5, 5.41) is 0. The van der Waals surface area contributed by atoms with Crippen LogP contribution < -0.4 is 4.74 Å². The predicted octanol–water partition coefficient (Wildman–Crippen LogP) is 3.99. The molecular formula is C13H19ClO. The van der Waals surface area contributed by atoms with E-state index in [2.05, 4.69) is 32.0 Å². The summed E-state index contributed by atoms with van der Waals surface area (Å²) in [6.45, 7) is 4.38. The van der Waals surface area contributed by atoms with Crippen molar-refractivity contribution in [1.29, 1.82) is 0 Å². The van der Waals surface area contributed by atoms with Gasteiger partial charge in [-0.2, -0.15) is 0 Å². The lowest BCUT2D eigenvalue weighted by Crippen LogP contribution is -1.96. The van der Waals surface area contributed by atoms with Gasteiger partial charge in [0.15, 0.2) is 0 Å². The minimum Gasteiger partial charge on any atom is -0.496 e. The van der Waals surface area contributed by atoms with Gasteiger partial charge in [0.2, 0.25) is 0 Å². The van der Waals surface area contributed by atoms with Gasteiger partial charge in [0.25, 0.3) is 0 Å². The molecule has 0 atom stereocenters. The molecule has 0 bridgehead atoms. The summed E-state index contributed by atoms with van der Waals surface area (Å²) in [5.74, 6) is 2.24.